The van der Waals surface area contributed by atoms with Gasteiger partial charge in [0.1, 0.15) is 10.1 Å². The molecule has 0 N–H and O–H groups in total. The number of allylic oxidation sites excluding steroid dienone is 4. The SMILES string of the molecule is CCCCCCCCCCCC/C=C/CCCOC(=O)c1cccc(S(=O)(=O)[O-])c1C(=O)OCCC/C=C/CCCCCCCCCCCC.[Na+]. The van der Waals surface area contributed by atoms with Crippen molar-refractivity contribution in [2.45, 2.75) is 186 Å². The summed E-state index contributed by atoms with van der Waals surface area (Å²) in [6.07, 6.45) is 39.3. The largest absolute Gasteiger partial charge is 1.00 e. The molecule has 0 radical (unpaired) electrons. The molecule has 0 aromatic heterocycles. The van der Waals surface area contributed by atoms with E-state index in [1.165, 1.54) is 134 Å². The molecule has 0 aliphatic heterocycles. The van der Waals surface area contributed by atoms with E-state index in [-0.39, 0.29) is 48.3 Å². The second-order valence-electron chi connectivity index (χ2n) is 13.6. The van der Waals surface area contributed by atoms with Gasteiger partial charge in [0.15, 0.2) is 0 Å². The molecule has 286 valence electrons. The third kappa shape index (κ3) is 26.9. The smallest absolute Gasteiger partial charge is 0.744 e. The fourth-order valence-electron chi connectivity index (χ4n) is 5.97. The van der Waals surface area contributed by atoms with Gasteiger partial charge in [-0.15, -0.1) is 0 Å². The van der Waals surface area contributed by atoms with E-state index >= 15 is 0 Å². The average Bonchev–Trinajstić information content (AvgIpc) is 3.10. The number of hydrogen-bond donors (Lipinski definition) is 0. The summed E-state index contributed by atoms with van der Waals surface area (Å²) < 4.78 is 46.5. The Kier molecular flexibility index (Phi) is 33.4. The number of carbonyl (C=O) groups is 2. The van der Waals surface area contributed by atoms with Crippen LogP contribution in [-0.4, -0.2) is 38.1 Å². The molecule has 0 saturated heterocycles. The second-order valence-corrected chi connectivity index (χ2v) is 14.9. The van der Waals surface area contributed by atoms with Gasteiger partial charge in [-0.1, -0.05) is 160 Å². The summed E-state index contributed by atoms with van der Waals surface area (Å²) in [4.78, 5) is 25.0. The summed E-state index contributed by atoms with van der Waals surface area (Å²) >= 11 is 0. The van der Waals surface area contributed by atoms with E-state index in [0.717, 1.165) is 31.7 Å². The number of rotatable bonds is 33. The number of benzene rings is 1. The van der Waals surface area contributed by atoms with Crippen LogP contribution in [0.5, 0.6) is 0 Å². The number of esters is 2. The summed E-state index contributed by atoms with van der Waals surface area (Å²) in [5.74, 6) is -1.87. The maximum absolute atomic E-state index is 12.9. The second kappa shape index (κ2) is 34.3. The van der Waals surface area contributed by atoms with E-state index < -0.39 is 32.5 Å². The maximum atomic E-state index is 12.9. The van der Waals surface area contributed by atoms with E-state index in [9.17, 15) is 22.6 Å². The molecule has 0 amide bonds. The summed E-state index contributed by atoms with van der Waals surface area (Å²) in [6.45, 7) is 4.63. The van der Waals surface area contributed by atoms with Crippen molar-refractivity contribution in [1.82, 2.24) is 0 Å². The molecule has 1 aromatic carbocycles. The first-order chi connectivity index (χ1) is 24.3. The third-order valence-corrected chi connectivity index (χ3v) is 9.88. The zero-order chi connectivity index (χ0) is 36.5. The quantitative estimate of drug-likeness (QED) is 0.0232. The zero-order valence-corrected chi connectivity index (χ0v) is 35.4. The Bertz CT molecular complexity index is 1180. The van der Waals surface area contributed by atoms with Gasteiger partial charge in [-0.2, -0.15) is 0 Å². The molecule has 7 nitrogen and oxygen atoms in total. The van der Waals surface area contributed by atoms with Crippen molar-refractivity contribution < 1.29 is 61.6 Å². The fourth-order valence-corrected chi connectivity index (χ4v) is 6.66. The van der Waals surface area contributed by atoms with Crippen LogP contribution in [0.15, 0.2) is 47.4 Å². The van der Waals surface area contributed by atoms with Crippen LogP contribution in [0.2, 0.25) is 0 Å². The van der Waals surface area contributed by atoms with Crippen molar-refractivity contribution in [3.05, 3.63) is 53.6 Å². The summed E-state index contributed by atoms with van der Waals surface area (Å²) in [5.41, 5.74) is -0.833. The van der Waals surface area contributed by atoms with Crippen molar-refractivity contribution in [3.63, 3.8) is 0 Å². The van der Waals surface area contributed by atoms with Crippen LogP contribution >= 0.6 is 0 Å². The normalized spacial score (nSPS) is 11.7. The van der Waals surface area contributed by atoms with Gasteiger partial charge in [-0.25, -0.2) is 18.0 Å². The molecule has 0 spiro atoms. The van der Waals surface area contributed by atoms with E-state index in [1.54, 1.807) is 0 Å². The molecule has 0 saturated carbocycles. The Morgan fingerprint density at radius 1 is 0.549 bits per heavy atom. The maximum Gasteiger partial charge on any atom is 1.00 e. The van der Waals surface area contributed by atoms with Gasteiger partial charge >= 0.3 is 41.5 Å². The molecule has 0 aliphatic rings. The molecular formula is C42H69NaO7S. The van der Waals surface area contributed by atoms with Crippen LogP contribution < -0.4 is 29.6 Å². The van der Waals surface area contributed by atoms with Crippen molar-refractivity contribution in [3.8, 4) is 0 Å². The topological polar surface area (TPSA) is 110 Å². The van der Waals surface area contributed by atoms with Crippen molar-refractivity contribution >= 4 is 22.1 Å². The van der Waals surface area contributed by atoms with Gasteiger partial charge in [0.05, 0.1) is 29.2 Å². The monoisotopic (exact) mass is 740 g/mol. The van der Waals surface area contributed by atoms with Gasteiger partial charge in [-0.05, 0) is 63.5 Å². The Morgan fingerprint density at radius 2 is 0.902 bits per heavy atom. The van der Waals surface area contributed by atoms with Crippen LogP contribution in [0, 0.1) is 0 Å². The summed E-state index contributed by atoms with van der Waals surface area (Å²) in [6, 6.07) is 3.57. The molecule has 0 atom stereocenters. The van der Waals surface area contributed by atoms with Gasteiger partial charge in [-0.3, -0.25) is 0 Å². The van der Waals surface area contributed by atoms with E-state index in [0.29, 0.717) is 19.3 Å². The van der Waals surface area contributed by atoms with Crippen LogP contribution in [0.3, 0.4) is 0 Å². The molecule has 9 heteroatoms. The Morgan fingerprint density at radius 3 is 1.29 bits per heavy atom. The molecule has 0 aliphatic carbocycles. The first-order valence-electron chi connectivity index (χ1n) is 20.1. The minimum absolute atomic E-state index is 0. The predicted octanol–water partition coefficient (Wildman–Crippen LogP) is 9.20. The molecule has 0 unspecified atom stereocenters. The fraction of sp³-hybridized carbons (Fsp3) is 0.714. The standard InChI is InChI=1S/C42H70O7S.Na/c1-3-5-7-9-11-13-15-17-19-21-23-25-27-29-31-36-48-41(43)38-34-33-35-39(50(45,46)47)40(38)42(44)49-37-32-30-28-26-24-22-20-18-16-14-12-10-8-6-4-2;/h25-28,33-35H,3-24,29-32,36-37H2,1-2H3,(H,45,46,47);/q;+1/p-1/b27-25+,28-26+;. The molecule has 0 heterocycles. The molecule has 51 heavy (non-hydrogen) atoms. The van der Waals surface area contributed by atoms with Crippen LogP contribution in [0.4, 0.5) is 0 Å². The number of hydrogen-bond acceptors (Lipinski definition) is 7. The minimum Gasteiger partial charge on any atom is -0.744 e. The third-order valence-electron chi connectivity index (χ3n) is 9.00. The number of ether oxygens (including phenoxy) is 2. The van der Waals surface area contributed by atoms with Crippen LogP contribution in [-0.2, 0) is 19.6 Å². The summed E-state index contributed by atoms with van der Waals surface area (Å²) in [7, 11) is -5.03. The Labute approximate surface area is 334 Å². The zero-order valence-electron chi connectivity index (χ0n) is 32.6. The number of unbranched alkanes of at least 4 members (excludes halogenated alkanes) is 22. The van der Waals surface area contributed by atoms with Crippen LogP contribution in [0.25, 0.3) is 0 Å². The minimum atomic E-state index is -5.03. The molecule has 0 bridgehead atoms. The van der Waals surface area contributed by atoms with Crippen molar-refractivity contribution in [1.29, 1.82) is 0 Å². The van der Waals surface area contributed by atoms with Crippen molar-refractivity contribution in [2.75, 3.05) is 13.2 Å². The molecule has 1 aromatic rings. The van der Waals surface area contributed by atoms with Gasteiger partial charge in [0.2, 0.25) is 0 Å². The van der Waals surface area contributed by atoms with E-state index in [2.05, 4.69) is 38.2 Å². The number of carbonyl (C=O) groups excluding carboxylic acids is 2. The van der Waals surface area contributed by atoms with E-state index in [1.807, 2.05) is 0 Å². The molecule has 1 rings (SSSR count). The van der Waals surface area contributed by atoms with Gasteiger partial charge < -0.3 is 14.0 Å². The molecular weight excluding hydrogens is 672 g/mol. The Hall–Kier alpha value is -1.45. The predicted molar refractivity (Wildman–Crippen MR) is 205 cm³/mol. The van der Waals surface area contributed by atoms with Crippen molar-refractivity contribution in [2.24, 2.45) is 0 Å². The van der Waals surface area contributed by atoms with Gasteiger partial charge in [0, 0.05) is 0 Å². The first-order valence-corrected chi connectivity index (χ1v) is 21.5. The van der Waals surface area contributed by atoms with Gasteiger partial charge in [0.25, 0.3) is 0 Å². The first kappa shape index (κ1) is 49.6. The average molecular weight is 741 g/mol. The van der Waals surface area contributed by atoms with E-state index in [4.69, 9.17) is 9.47 Å². The molecule has 0 fully saturated rings. The Balaban J connectivity index is 0.0000250. The van der Waals surface area contributed by atoms with Crippen LogP contribution in [0.1, 0.15) is 202 Å². The summed E-state index contributed by atoms with van der Waals surface area (Å²) in [5, 5.41) is 0.